The van der Waals surface area contributed by atoms with Gasteiger partial charge in [-0.2, -0.15) is 0 Å². The Labute approximate surface area is 108 Å². The lowest BCUT2D eigenvalue weighted by molar-refractivity contribution is 0.404. The molecule has 4 heteroatoms. The molecule has 3 unspecified atom stereocenters. The second-order valence-electron chi connectivity index (χ2n) is 5.13. The Hall–Kier alpha value is -0.390. The van der Waals surface area contributed by atoms with Gasteiger partial charge in [-0.25, -0.2) is 4.98 Å². The standard InChI is InChI=1S/C12H15IN2O/c1-6-10(13)12(16)15-11(14-6)9-5-7-2-3-8(9)4-7/h7-9H,2-5H2,1H3,(H,14,15,16). The molecule has 0 aromatic carbocycles. The number of aromatic nitrogens is 2. The first-order valence-electron chi connectivity index (χ1n) is 5.91. The zero-order chi connectivity index (χ0) is 11.3. The van der Waals surface area contributed by atoms with Crippen LogP contribution in [-0.4, -0.2) is 9.97 Å². The van der Waals surface area contributed by atoms with Crippen LogP contribution in [-0.2, 0) is 0 Å². The van der Waals surface area contributed by atoms with Crippen molar-refractivity contribution in [1.82, 2.24) is 9.97 Å². The minimum Gasteiger partial charge on any atom is -0.309 e. The van der Waals surface area contributed by atoms with Gasteiger partial charge in [0.25, 0.3) is 5.56 Å². The maximum Gasteiger partial charge on any atom is 0.264 e. The summed E-state index contributed by atoms with van der Waals surface area (Å²) in [6.07, 6.45) is 5.28. The van der Waals surface area contributed by atoms with E-state index in [0.29, 0.717) is 5.92 Å². The van der Waals surface area contributed by atoms with Gasteiger partial charge in [0, 0.05) is 5.92 Å². The van der Waals surface area contributed by atoms with Crippen molar-refractivity contribution in [2.75, 3.05) is 0 Å². The van der Waals surface area contributed by atoms with E-state index >= 15 is 0 Å². The van der Waals surface area contributed by atoms with Crippen molar-refractivity contribution < 1.29 is 0 Å². The molecule has 16 heavy (non-hydrogen) atoms. The molecular formula is C12H15IN2O. The van der Waals surface area contributed by atoms with Crippen LogP contribution in [0.4, 0.5) is 0 Å². The first-order valence-corrected chi connectivity index (χ1v) is 6.99. The Morgan fingerprint density at radius 1 is 1.38 bits per heavy atom. The predicted octanol–water partition coefficient (Wildman–Crippen LogP) is 2.59. The highest BCUT2D eigenvalue weighted by molar-refractivity contribution is 14.1. The zero-order valence-electron chi connectivity index (χ0n) is 9.29. The lowest BCUT2D eigenvalue weighted by atomic mass is 9.88. The van der Waals surface area contributed by atoms with E-state index in [1.807, 2.05) is 6.92 Å². The van der Waals surface area contributed by atoms with Crippen LogP contribution in [0.5, 0.6) is 0 Å². The third-order valence-corrected chi connectivity index (χ3v) is 5.41. The van der Waals surface area contributed by atoms with Crippen molar-refractivity contribution in [2.45, 2.75) is 38.5 Å². The van der Waals surface area contributed by atoms with Crippen molar-refractivity contribution in [3.63, 3.8) is 0 Å². The number of hydrogen-bond acceptors (Lipinski definition) is 2. The van der Waals surface area contributed by atoms with Gasteiger partial charge in [0.05, 0.1) is 9.26 Å². The Kier molecular flexibility index (Phi) is 2.57. The molecule has 3 nitrogen and oxygen atoms in total. The number of halogens is 1. The summed E-state index contributed by atoms with van der Waals surface area (Å²) < 4.78 is 0.726. The number of fused-ring (bicyclic) bond motifs is 2. The molecule has 0 saturated heterocycles. The third-order valence-electron chi connectivity index (χ3n) is 4.14. The van der Waals surface area contributed by atoms with Gasteiger partial charge in [-0.1, -0.05) is 6.42 Å². The molecule has 1 aromatic heterocycles. The monoisotopic (exact) mass is 330 g/mol. The summed E-state index contributed by atoms with van der Waals surface area (Å²) in [6.45, 7) is 1.92. The molecule has 2 bridgehead atoms. The van der Waals surface area contributed by atoms with Crippen LogP contribution in [0.1, 0.15) is 43.1 Å². The first kappa shape index (κ1) is 10.7. The molecule has 2 fully saturated rings. The van der Waals surface area contributed by atoms with E-state index in [2.05, 4.69) is 32.6 Å². The summed E-state index contributed by atoms with van der Waals surface area (Å²) in [4.78, 5) is 19.3. The molecule has 0 spiro atoms. The lowest BCUT2D eigenvalue weighted by Gasteiger charge is -2.20. The van der Waals surface area contributed by atoms with Gasteiger partial charge in [0.15, 0.2) is 0 Å². The smallest absolute Gasteiger partial charge is 0.264 e. The van der Waals surface area contributed by atoms with E-state index < -0.39 is 0 Å². The molecule has 1 N–H and O–H groups in total. The van der Waals surface area contributed by atoms with Gasteiger partial charge in [-0.3, -0.25) is 4.79 Å². The van der Waals surface area contributed by atoms with E-state index in [9.17, 15) is 4.79 Å². The minimum atomic E-state index is 0.0332. The van der Waals surface area contributed by atoms with Crippen LogP contribution in [0.15, 0.2) is 4.79 Å². The number of nitrogens with one attached hydrogen (secondary N) is 1. The van der Waals surface area contributed by atoms with Gasteiger partial charge in [-0.05, 0) is 60.6 Å². The van der Waals surface area contributed by atoms with E-state index in [1.54, 1.807) is 0 Å². The average Bonchev–Trinajstić information content (AvgIpc) is 2.86. The number of nitrogens with zero attached hydrogens (tertiary/aromatic N) is 1. The van der Waals surface area contributed by atoms with E-state index in [0.717, 1.165) is 26.9 Å². The predicted molar refractivity (Wildman–Crippen MR) is 70.5 cm³/mol. The number of aryl methyl sites for hydroxylation is 1. The molecule has 1 aromatic rings. The van der Waals surface area contributed by atoms with Crippen LogP contribution in [0.2, 0.25) is 0 Å². The fourth-order valence-electron chi connectivity index (χ4n) is 3.35. The van der Waals surface area contributed by atoms with Crippen LogP contribution in [0.25, 0.3) is 0 Å². The fraction of sp³-hybridized carbons (Fsp3) is 0.667. The molecular weight excluding hydrogens is 315 g/mol. The molecule has 0 amide bonds. The minimum absolute atomic E-state index is 0.0332. The summed E-state index contributed by atoms with van der Waals surface area (Å²) >= 11 is 2.07. The highest BCUT2D eigenvalue weighted by Crippen LogP contribution is 2.51. The number of H-pyrrole nitrogens is 1. The van der Waals surface area contributed by atoms with Gasteiger partial charge in [0.1, 0.15) is 5.82 Å². The molecule has 2 saturated carbocycles. The summed E-state index contributed by atoms with van der Waals surface area (Å²) in [5.74, 6) is 3.12. The Morgan fingerprint density at radius 2 is 2.19 bits per heavy atom. The second kappa shape index (κ2) is 3.82. The highest BCUT2D eigenvalue weighted by Gasteiger charge is 2.41. The van der Waals surface area contributed by atoms with Crippen LogP contribution in [0, 0.1) is 22.3 Å². The summed E-state index contributed by atoms with van der Waals surface area (Å²) in [6, 6.07) is 0. The first-order chi connectivity index (χ1) is 7.65. The van der Waals surface area contributed by atoms with E-state index in [4.69, 9.17) is 0 Å². The zero-order valence-corrected chi connectivity index (χ0v) is 11.5. The molecule has 0 aliphatic heterocycles. The molecule has 3 rings (SSSR count). The van der Waals surface area contributed by atoms with Gasteiger partial charge >= 0.3 is 0 Å². The molecule has 86 valence electrons. The van der Waals surface area contributed by atoms with E-state index in [1.165, 1.54) is 25.7 Å². The maximum absolute atomic E-state index is 11.7. The van der Waals surface area contributed by atoms with Crippen LogP contribution in [0.3, 0.4) is 0 Å². The van der Waals surface area contributed by atoms with Crippen LogP contribution >= 0.6 is 22.6 Å². The van der Waals surface area contributed by atoms with Crippen molar-refractivity contribution >= 4 is 22.6 Å². The third kappa shape index (κ3) is 1.61. The number of aromatic amines is 1. The average molecular weight is 330 g/mol. The van der Waals surface area contributed by atoms with Gasteiger partial charge < -0.3 is 4.98 Å². The second-order valence-corrected chi connectivity index (χ2v) is 6.21. The van der Waals surface area contributed by atoms with Crippen molar-refractivity contribution in [1.29, 1.82) is 0 Å². The van der Waals surface area contributed by atoms with Crippen molar-refractivity contribution in [3.8, 4) is 0 Å². The molecule has 2 aliphatic rings. The van der Waals surface area contributed by atoms with Crippen LogP contribution < -0.4 is 5.56 Å². The topological polar surface area (TPSA) is 45.8 Å². The number of hydrogen-bond donors (Lipinski definition) is 1. The molecule has 1 heterocycles. The summed E-state index contributed by atoms with van der Waals surface area (Å²) in [7, 11) is 0. The molecule has 3 atom stereocenters. The van der Waals surface area contributed by atoms with Gasteiger partial charge in [0.2, 0.25) is 0 Å². The Morgan fingerprint density at radius 3 is 2.75 bits per heavy atom. The highest BCUT2D eigenvalue weighted by atomic mass is 127. The SMILES string of the molecule is Cc1nc(C2CC3CCC2C3)[nH]c(=O)c1I. The number of rotatable bonds is 1. The molecule has 2 aliphatic carbocycles. The summed E-state index contributed by atoms with van der Waals surface area (Å²) in [5.41, 5.74) is 0.910. The largest absolute Gasteiger partial charge is 0.309 e. The quantitative estimate of drug-likeness (QED) is 0.805. The van der Waals surface area contributed by atoms with Crippen molar-refractivity contribution in [3.05, 3.63) is 25.4 Å². The Balaban J connectivity index is 1.99. The maximum atomic E-state index is 11.7. The Bertz CT molecular complexity index is 482. The lowest BCUT2D eigenvalue weighted by Crippen LogP contribution is -2.21. The normalized spacial score (nSPS) is 32.2. The van der Waals surface area contributed by atoms with Crippen molar-refractivity contribution in [2.24, 2.45) is 11.8 Å². The summed E-state index contributed by atoms with van der Waals surface area (Å²) in [5, 5.41) is 0. The fourth-order valence-corrected chi connectivity index (χ4v) is 3.60. The van der Waals surface area contributed by atoms with E-state index in [-0.39, 0.29) is 5.56 Å². The molecule has 0 radical (unpaired) electrons. The van der Waals surface area contributed by atoms with Gasteiger partial charge in [-0.15, -0.1) is 0 Å².